The van der Waals surface area contributed by atoms with E-state index < -0.39 is 5.97 Å². The standard InChI is InChI=1S/C25H27ClN2O3/c1-17(2)24-20(12-14-28(24)13-6-9-18-7-4-3-5-8-18)25(31)27-22-15-19(16-23(29)30)10-11-21(22)26/h3-5,7-8,10-12,14-15,17H,6,9,13,16H2,1-2H3,(H,27,31)(H,29,30). The molecule has 0 aliphatic rings. The van der Waals surface area contributed by atoms with Crippen molar-refractivity contribution in [1.82, 2.24) is 4.57 Å². The van der Waals surface area contributed by atoms with Crippen LogP contribution in [0.3, 0.4) is 0 Å². The molecule has 5 nitrogen and oxygen atoms in total. The van der Waals surface area contributed by atoms with Gasteiger partial charge in [-0.2, -0.15) is 0 Å². The highest BCUT2D eigenvalue weighted by Crippen LogP contribution is 2.27. The van der Waals surface area contributed by atoms with E-state index >= 15 is 0 Å². The summed E-state index contributed by atoms with van der Waals surface area (Å²) >= 11 is 6.23. The zero-order valence-electron chi connectivity index (χ0n) is 17.8. The van der Waals surface area contributed by atoms with Crippen molar-refractivity contribution in [3.63, 3.8) is 0 Å². The number of nitrogens with one attached hydrogen (secondary N) is 1. The van der Waals surface area contributed by atoms with Crippen LogP contribution in [0.5, 0.6) is 0 Å². The number of rotatable bonds is 9. The normalized spacial score (nSPS) is 11.0. The van der Waals surface area contributed by atoms with Gasteiger partial charge in [-0.3, -0.25) is 9.59 Å². The molecule has 3 aromatic rings. The molecular formula is C25H27ClN2O3. The summed E-state index contributed by atoms with van der Waals surface area (Å²) < 4.78 is 2.14. The third kappa shape index (κ3) is 5.98. The molecule has 0 bridgehead atoms. The quantitative estimate of drug-likeness (QED) is 0.445. The summed E-state index contributed by atoms with van der Waals surface area (Å²) in [5.41, 5.74) is 3.87. The van der Waals surface area contributed by atoms with Crippen LogP contribution in [0.15, 0.2) is 60.8 Å². The Kier molecular flexibility index (Phi) is 7.53. The van der Waals surface area contributed by atoms with Gasteiger partial charge in [-0.25, -0.2) is 0 Å². The van der Waals surface area contributed by atoms with E-state index in [1.165, 1.54) is 5.56 Å². The third-order valence-electron chi connectivity index (χ3n) is 5.14. The number of nitrogens with zero attached hydrogens (tertiary/aromatic N) is 1. The van der Waals surface area contributed by atoms with E-state index in [9.17, 15) is 9.59 Å². The van der Waals surface area contributed by atoms with Crippen LogP contribution >= 0.6 is 11.6 Å². The molecule has 2 aromatic carbocycles. The Morgan fingerprint density at radius 3 is 2.48 bits per heavy atom. The van der Waals surface area contributed by atoms with Crippen LogP contribution in [0.2, 0.25) is 5.02 Å². The minimum absolute atomic E-state index is 0.130. The number of hydrogen-bond donors (Lipinski definition) is 2. The van der Waals surface area contributed by atoms with Gasteiger partial charge in [-0.1, -0.05) is 61.8 Å². The number of aryl methyl sites for hydroxylation is 2. The van der Waals surface area contributed by atoms with Gasteiger partial charge in [0, 0.05) is 18.4 Å². The van der Waals surface area contributed by atoms with E-state index in [0.29, 0.717) is 21.8 Å². The molecule has 1 aromatic heterocycles. The number of halogens is 1. The molecule has 6 heteroatoms. The van der Waals surface area contributed by atoms with Gasteiger partial charge in [0.2, 0.25) is 0 Å². The number of carbonyl (C=O) groups excluding carboxylic acids is 1. The first-order valence-corrected chi connectivity index (χ1v) is 10.8. The number of carboxylic acids is 1. The molecule has 0 aliphatic heterocycles. The van der Waals surface area contributed by atoms with Crippen molar-refractivity contribution in [2.24, 2.45) is 0 Å². The molecule has 0 spiro atoms. The number of aliphatic carboxylic acids is 1. The van der Waals surface area contributed by atoms with Crippen LogP contribution in [-0.4, -0.2) is 21.6 Å². The van der Waals surface area contributed by atoms with Gasteiger partial charge in [-0.15, -0.1) is 0 Å². The average molecular weight is 439 g/mol. The Bertz CT molecular complexity index is 1060. The fourth-order valence-electron chi connectivity index (χ4n) is 3.76. The summed E-state index contributed by atoms with van der Waals surface area (Å²) in [7, 11) is 0. The maximum atomic E-state index is 13.0. The average Bonchev–Trinajstić information content (AvgIpc) is 3.15. The summed E-state index contributed by atoms with van der Waals surface area (Å²) in [6.45, 7) is 4.96. The van der Waals surface area contributed by atoms with Gasteiger partial charge in [0.15, 0.2) is 0 Å². The first-order valence-electron chi connectivity index (χ1n) is 10.4. The van der Waals surface area contributed by atoms with Crippen molar-refractivity contribution in [3.05, 3.63) is 88.2 Å². The lowest BCUT2D eigenvalue weighted by molar-refractivity contribution is -0.136. The number of anilines is 1. The fraction of sp³-hybridized carbons (Fsp3) is 0.280. The Labute approximate surface area is 187 Å². The predicted molar refractivity (Wildman–Crippen MR) is 124 cm³/mol. The number of benzene rings is 2. The number of amides is 1. The zero-order chi connectivity index (χ0) is 22.4. The summed E-state index contributed by atoms with van der Waals surface area (Å²) in [6.07, 6.45) is 3.78. The highest BCUT2D eigenvalue weighted by Gasteiger charge is 2.19. The van der Waals surface area contributed by atoms with Crippen LogP contribution in [-0.2, 0) is 24.2 Å². The molecule has 1 amide bonds. The molecule has 0 unspecified atom stereocenters. The number of aromatic nitrogens is 1. The van der Waals surface area contributed by atoms with E-state index in [1.807, 2.05) is 30.5 Å². The Morgan fingerprint density at radius 2 is 1.81 bits per heavy atom. The number of carboxylic acid groups (broad SMARTS) is 1. The van der Waals surface area contributed by atoms with E-state index in [-0.39, 0.29) is 18.2 Å². The molecule has 3 rings (SSSR count). The van der Waals surface area contributed by atoms with E-state index in [1.54, 1.807) is 18.2 Å². The highest BCUT2D eigenvalue weighted by molar-refractivity contribution is 6.34. The molecule has 0 fully saturated rings. The van der Waals surface area contributed by atoms with Crippen molar-refractivity contribution in [1.29, 1.82) is 0 Å². The lowest BCUT2D eigenvalue weighted by Gasteiger charge is -2.15. The lowest BCUT2D eigenvalue weighted by atomic mass is 10.0. The van der Waals surface area contributed by atoms with Gasteiger partial charge < -0.3 is 15.0 Å². The number of carbonyl (C=O) groups is 2. The van der Waals surface area contributed by atoms with E-state index in [0.717, 1.165) is 25.1 Å². The predicted octanol–water partition coefficient (Wildman–Crippen LogP) is 5.78. The van der Waals surface area contributed by atoms with Gasteiger partial charge in [0.25, 0.3) is 5.91 Å². The van der Waals surface area contributed by atoms with Crippen LogP contribution in [0.4, 0.5) is 5.69 Å². The minimum Gasteiger partial charge on any atom is -0.481 e. The van der Waals surface area contributed by atoms with Crippen molar-refractivity contribution < 1.29 is 14.7 Å². The molecular weight excluding hydrogens is 412 g/mol. The van der Waals surface area contributed by atoms with E-state index in [2.05, 4.69) is 35.9 Å². The number of hydrogen-bond acceptors (Lipinski definition) is 2. The van der Waals surface area contributed by atoms with Crippen molar-refractivity contribution in [2.45, 2.75) is 45.6 Å². The third-order valence-corrected chi connectivity index (χ3v) is 5.47. The molecule has 0 saturated heterocycles. The maximum Gasteiger partial charge on any atom is 0.307 e. The summed E-state index contributed by atoms with van der Waals surface area (Å²) in [5.74, 6) is -1.02. The Balaban J connectivity index is 1.75. The summed E-state index contributed by atoms with van der Waals surface area (Å²) in [4.78, 5) is 24.0. The highest BCUT2D eigenvalue weighted by atomic mass is 35.5. The molecule has 31 heavy (non-hydrogen) atoms. The van der Waals surface area contributed by atoms with Crippen molar-refractivity contribution in [3.8, 4) is 0 Å². The largest absolute Gasteiger partial charge is 0.481 e. The fourth-order valence-corrected chi connectivity index (χ4v) is 3.92. The lowest BCUT2D eigenvalue weighted by Crippen LogP contribution is -2.16. The molecule has 162 valence electrons. The molecule has 0 saturated carbocycles. The minimum atomic E-state index is -0.936. The van der Waals surface area contributed by atoms with Crippen LogP contribution in [0.1, 0.15) is 53.4 Å². The maximum absolute atomic E-state index is 13.0. The molecule has 1 heterocycles. The molecule has 0 radical (unpaired) electrons. The smallest absolute Gasteiger partial charge is 0.307 e. The van der Waals surface area contributed by atoms with E-state index in [4.69, 9.17) is 16.7 Å². The molecule has 2 N–H and O–H groups in total. The van der Waals surface area contributed by atoms with Crippen LogP contribution in [0.25, 0.3) is 0 Å². The van der Waals surface area contributed by atoms with Gasteiger partial charge in [-0.05, 0) is 48.1 Å². The van der Waals surface area contributed by atoms with Crippen LogP contribution < -0.4 is 5.32 Å². The van der Waals surface area contributed by atoms with Crippen LogP contribution in [0, 0.1) is 0 Å². The van der Waals surface area contributed by atoms with Gasteiger partial charge in [0.1, 0.15) is 0 Å². The SMILES string of the molecule is CC(C)c1c(C(=O)Nc2cc(CC(=O)O)ccc2Cl)ccn1CCCc1ccccc1. The second-order valence-electron chi connectivity index (χ2n) is 7.89. The topological polar surface area (TPSA) is 71.3 Å². The Hall–Kier alpha value is -3.05. The van der Waals surface area contributed by atoms with Gasteiger partial charge in [0.05, 0.1) is 22.7 Å². The second kappa shape index (κ2) is 10.3. The summed E-state index contributed by atoms with van der Waals surface area (Å²) in [5, 5.41) is 12.2. The van der Waals surface area contributed by atoms with Gasteiger partial charge >= 0.3 is 5.97 Å². The summed E-state index contributed by atoms with van der Waals surface area (Å²) in [6, 6.07) is 17.1. The monoisotopic (exact) mass is 438 g/mol. The molecule has 0 aliphatic carbocycles. The zero-order valence-corrected chi connectivity index (χ0v) is 18.5. The first kappa shape index (κ1) is 22.6. The van der Waals surface area contributed by atoms with Crippen molar-refractivity contribution in [2.75, 3.05) is 5.32 Å². The second-order valence-corrected chi connectivity index (χ2v) is 8.30. The first-order chi connectivity index (χ1) is 14.8. The molecule has 0 atom stereocenters. The Morgan fingerprint density at radius 1 is 1.06 bits per heavy atom. The van der Waals surface area contributed by atoms with Crippen molar-refractivity contribution >= 4 is 29.2 Å².